The molecule has 2 aliphatic heterocycles. The van der Waals surface area contributed by atoms with Gasteiger partial charge in [0.15, 0.2) is 0 Å². The second-order valence-electron chi connectivity index (χ2n) is 5.35. The van der Waals surface area contributed by atoms with E-state index in [0.717, 1.165) is 32.6 Å². The minimum Gasteiger partial charge on any atom is -0.337 e. The molecule has 5 heteroatoms. The summed E-state index contributed by atoms with van der Waals surface area (Å²) in [7, 11) is 0. The van der Waals surface area contributed by atoms with Gasteiger partial charge in [-0.3, -0.25) is 9.78 Å². The van der Waals surface area contributed by atoms with Crippen LogP contribution in [0, 0.1) is 5.41 Å². The molecule has 3 heterocycles. The number of aromatic nitrogens is 2. The lowest BCUT2D eigenvalue weighted by Crippen LogP contribution is -2.47. The van der Waals surface area contributed by atoms with E-state index in [-0.39, 0.29) is 5.91 Å². The zero-order chi connectivity index (χ0) is 12.4. The Kier molecular flexibility index (Phi) is 2.99. The zero-order valence-corrected chi connectivity index (χ0v) is 10.4. The van der Waals surface area contributed by atoms with Gasteiger partial charge >= 0.3 is 0 Å². The zero-order valence-electron chi connectivity index (χ0n) is 10.4. The van der Waals surface area contributed by atoms with Gasteiger partial charge in [-0.1, -0.05) is 0 Å². The molecule has 0 aromatic carbocycles. The SMILES string of the molecule is O=C(c1cnccn1)N1CCCC2(CCNC2)C1. The fourth-order valence-electron chi connectivity index (χ4n) is 3.10. The predicted octanol–water partition coefficient (Wildman–Crippen LogP) is 0.692. The molecule has 3 rings (SSSR count). The summed E-state index contributed by atoms with van der Waals surface area (Å²) in [4.78, 5) is 22.4. The summed E-state index contributed by atoms with van der Waals surface area (Å²) >= 11 is 0. The third-order valence-corrected chi connectivity index (χ3v) is 4.06. The van der Waals surface area contributed by atoms with Gasteiger partial charge in [0, 0.05) is 37.4 Å². The molecule has 0 bridgehead atoms. The molecule has 5 nitrogen and oxygen atoms in total. The number of likely N-dealkylation sites (tertiary alicyclic amines) is 1. The van der Waals surface area contributed by atoms with Gasteiger partial charge in [0.25, 0.3) is 5.91 Å². The number of piperidine rings is 1. The fraction of sp³-hybridized carbons (Fsp3) is 0.615. The molecule has 1 amide bonds. The molecule has 0 aliphatic carbocycles. The first-order valence-corrected chi connectivity index (χ1v) is 6.55. The first-order valence-electron chi connectivity index (χ1n) is 6.55. The lowest BCUT2D eigenvalue weighted by molar-refractivity contribution is 0.0547. The first-order chi connectivity index (χ1) is 8.79. The summed E-state index contributed by atoms with van der Waals surface area (Å²) in [5, 5.41) is 3.42. The normalized spacial score (nSPS) is 27.7. The van der Waals surface area contributed by atoms with Crippen molar-refractivity contribution in [2.45, 2.75) is 19.3 Å². The third-order valence-electron chi connectivity index (χ3n) is 4.06. The molecule has 1 N–H and O–H groups in total. The Balaban J connectivity index is 1.74. The van der Waals surface area contributed by atoms with Crippen LogP contribution in [0.2, 0.25) is 0 Å². The van der Waals surface area contributed by atoms with Crippen molar-refractivity contribution >= 4 is 5.91 Å². The van der Waals surface area contributed by atoms with Crippen LogP contribution in [0.1, 0.15) is 29.8 Å². The van der Waals surface area contributed by atoms with E-state index >= 15 is 0 Å². The van der Waals surface area contributed by atoms with Gasteiger partial charge in [-0.15, -0.1) is 0 Å². The van der Waals surface area contributed by atoms with Crippen molar-refractivity contribution in [2.24, 2.45) is 5.41 Å². The Morgan fingerprint density at radius 2 is 2.33 bits per heavy atom. The number of nitrogens with one attached hydrogen (secondary N) is 1. The van der Waals surface area contributed by atoms with Crippen LogP contribution in [-0.4, -0.2) is 47.0 Å². The summed E-state index contributed by atoms with van der Waals surface area (Å²) in [5.41, 5.74) is 0.761. The van der Waals surface area contributed by atoms with Gasteiger partial charge in [0.1, 0.15) is 5.69 Å². The summed E-state index contributed by atoms with van der Waals surface area (Å²) in [5.74, 6) is 0.0223. The molecule has 1 aromatic heterocycles. The molecule has 18 heavy (non-hydrogen) atoms. The smallest absolute Gasteiger partial charge is 0.274 e. The number of hydrogen-bond acceptors (Lipinski definition) is 4. The highest BCUT2D eigenvalue weighted by Gasteiger charge is 2.39. The summed E-state index contributed by atoms with van der Waals surface area (Å²) in [6.45, 7) is 3.82. The van der Waals surface area contributed by atoms with Crippen LogP contribution in [0.5, 0.6) is 0 Å². The van der Waals surface area contributed by atoms with Gasteiger partial charge in [0.05, 0.1) is 6.20 Å². The predicted molar refractivity (Wildman–Crippen MR) is 67.1 cm³/mol. The van der Waals surface area contributed by atoms with E-state index in [4.69, 9.17) is 0 Å². The molecule has 2 saturated heterocycles. The van der Waals surface area contributed by atoms with Crippen LogP contribution in [0.15, 0.2) is 18.6 Å². The van der Waals surface area contributed by atoms with Gasteiger partial charge < -0.3 is 10.2 Å². The number of hydrogen-bond donors (Lipinski definition) is 1. The molecule has 2 aliphatic rings. The molecule has 0 saturated carbocycles. The molecule has 1 atom stereocenters. The van der Waals surface area contributed by atoms with Crippen molar-refractivity contribution in [1.29, 1.82) is 0 Å². The van der Waals surface area contributed by atoms with Crippen LogP contribution in [0.3, 0.4) is 0 Å². The molecule has 1 aromatic rings. The van der Waals surface area contributed by atoms with Crippen LogP contribution < -0.4 is 5.32 Å². The van der Waals surface area contributed by atoms with Crippen LogP contribution in [-0.2, 0) is 0 Å². The maximum atomic E-state index is 12.3. The van der Waals surface area contributed by atoms with Crippen molar-refractivity contribution < 1.29 is 4.79 Å². The number of rotatable bonds is 1. The van der Waals surface area contributed by atoms with Gasteiger partial charge in [0.2, 0.25) is 0 Å². The first kappa shape index (κ1) is 11.6. The summed E-state index contributed by atoms with van der Waals surface area (Å²) in [6.07, 6.45) is 8.21. The second kappa shape index (κ2) is 4.65. The van der Waals surface area contributed by atoms with Crippen molar-refractivity contribution in [1.82, 2.24) is 20.2 Å². The maximum absolute atomic E-state index is 12.3. The molecule has 2 fully saturated rings. The maximum Gasteiger partial charge on any atom is 0.274 e. The van der Waals surface area contributed by atoms with Crippen LogP contribution in [0.4, 0.5) is 0 Å². The minimum absolute atomic E-state index is 0.0223. The van der Waals surface area contributed by atoms with Crippen molar-refractivity contribution in [2.75, 3.05) is 26.2 Å². The number of carbonyl (C=O) groups excluding carboxylic acids is 1. The Morgan fingerprint density at radius 1 is 1.39 bits per heavy atom. The Bertz CT molecular complexity index is 428. The fourth-order valence-corrected chi connectivity index (χ4v) is 3.10. The highest BCUT2D eigenvalue weighted by molar-refractivity contribution is 5.92. The standard InChI is InChI=1S/C13H18N4O/c18-12(11-8-14-5-6-16-11)17-7-1-2-13(10-17)3-4-15-9-13/h5-6,8,15H,1-4,7,9-10H2. The van der Waals surface area contributed by atoms with Gasteiger partial charge in [-0.05, 0) is 25.8 Å². The van der Waals surface area contributed by atoms with Gasteiger partial charge in [-0.2, -0.15) is 0 Å². The average Bonchev–Trinajstić information content (AvgIpc) is 2.87. The number of carbonyl (C=O) groups is 1. The number of amides is 1. The van der Waals surface area contributed by atoms with E-state index in [2.05, 4.69) is 15.3 Å². The van der Waals surface area contributed by atoms with E-state index in [1.807, 2.05) is 4.90 Å². The van der Waals surface area contributed by atoms with Crippen molar-refractivity contribution in [3.8, 4) is 0 Å². The molecule has 1 unspecified atom stereocenters. The summed E-state index contributed by atoms with van der Waals surface area (Å²) < 4.78 is 0. The van der Waals surface area contributed by atoms with E-state index in [9.17, 15) is 4.79 Å². The molecule has 96 valence electrons. The highest BCUT2D eigenvalue weighted by Crippen LogP contribution is 2.35. The summed E-state index contributed by atoms with van der Waals surface area (Å²) in [6, 6.07) is 0. The van der Waals surface area contributed by atoms with E-state index in [0.29, 0.717) is 11.1 Å². The van der Waals surface area contributed by atoms with Crippen LogP contribution >= 0.6 is 0 Å². The Morgan fingerprint density at radius 3 is 3.06 bits per heavy atom. The Hall–Kier alpha value is -1.49. The second-order valence-corrected chi connectivity index (χ2v) is 5.35. The lowest BCUT2D eigenvalue weighted by Gasteiger charge is -2.39. The van der Waals surface area contributed by atoms with E-state index in [1.54, 1.807) is 18.6 Å². The van der Waals surface area contributed by atoms with Gasteiger partial charge in [-0.25, -0.2) is 4.98 Å². The highest BCUT2D eigenvalue weighted by atomic mass is 16.2. The largest absolute Gasteiger partial charge is 0.337 e. The average molecular weight is 246 g/mol. The number of nitrogens with zero attached hydrogens (tertiary/aromatic N) is 3. The lowest BCUT2D eigenvalue weighted by atomic mass is 9.79. The molecule has 1 spiro atoms. The molecular weight excluding hydrogens is 228 g/mol. The molecular formula is C13H18N4O. The Labute approximate surface area is 107 Å². The minimum atomic E-state index is 0.0223. The monoisotopic (exact) mass is 246 g/mol. The van der Waals surface area contributed by atoms with Crippen LogP contribution in [0.25, 0.3) is 0 Å². The molecule has 0 radical (unpaired) electrons. The van der Waals surface area contributed by atoms with E-state index in [1.165, 1.54) is 12.8 Å². The van der Waals surface area contributed by atoms with Crippen molar-refractivity contribution in [3.63, 3.8) is 0 Å². The quantitative estimate of drug-likeness (QED) is 0.792. The van der Waals surface area contributed by atoms with E-state index < -0.39 is 0 Å². The third kappa shape index (κ3) is 2.10. The van der Waals surface area contributed by atoms with Crippen molar-refractivity contribution in [3.05, 3.63) is 24.3 Å². The topological polar surface area (TPSA) is 58.1 Å².